The molecule has 2 amide bonds. The van der Waals surface area contributed by atoms with Crippen molar-refractivity contribution >= 4 is 55.5 Å². The smallest absolute Gasteiger partial charge is 0.283 e. The molecule has 0 saturated carbocycles. The van der Waals surface area contributed by atoms with Crippen molar-refractivity contribution in [1.29, 1.82) is 0 Å². The number of nitrogens with zero attached hydrogens (tertiary/aromatic N) is 2. The highest BCUT2D eigenvalue weighted by Crippen LogP contribution is 2.26. The predicted octanol–water partition coefficient (Wildman–Crippen LogP) is 4.12. The van der Waals surface area contributed by atoms with Gasteiger partial charge in [-0.2, -0.15) is 0 Å². The zero-order valence-corrected chi connectivity index (χ0v) is 15.0. The molecule has 0 unspecified atom stereocenters. The molecule has 0 saturated heterocycles. The number of amides is 2. The Labute approximate surface area is 155 Å². The SMILES string of the molecule is Cc1ccc2nc(NC(=O)NSC(=O)c3ccc([N+](=O)[O-])cc3)sc2c1. The Kier molecular flexibility index (Phi) is 5.14. The summed E-state index contributed by atoms with van der Waals surface area (Å²) in [6, 6.07) is 10.3. The maximum Gasteiger partial charge on any atom is 0.331 e. The topological polar surface area (TPSA) is 114 Å². The fourth-order valence-electron chi connectivity index (χ4n) is 2.08. The number of hydrogen-bond acceptors (Lipinski definition) is 7. The third-order valence-corrected chi connectivity index (χ3v) is 4.96. The van der Waals surface area contributed by atoms with E-state index in [9.17, 15) is 19.7 Å². The second-order valence-electron chi connectivity index (χ2n) is 5.24. The molecule has 0 aliphatic heterocycles. The van der Waals surface area contributed by atoms with Gasteiger partial charge in [0.1, 0.15) is 0 Å². The van der Waals surface area contributed by atoms with E-state index in [1.807, 2.05) is 25.1 Å². The van der Waals surface area contributed by atoms with Crippen LogP contribution in [0.3, 0.4) is 0 Å². The maximum absolute atomic E-state index is 12.0. The number of aryl methyl sites for hydroxylation is 1. The van der Waals surface area contributed by atoms with E-state index in [0.717, 1.165) is 15.8 Å². The summed E-state index contributed by atoms with van der Waals surface area (Å²) in [6.07, 6.45) is 0. The van der Waals surface area contributed by atoms with E-state index in [1.165, 1.54) is 35.6 Å². The summed E-state index contributed by atoms with van der Waals surface area (Å²) in [7, 11) is 0. The number of hydrogen-bond donors (Lipinski definition) is 2. The summed E-state index contributed by atoms with van der Waals surface area (Å²) in [5.41, 5.74) is 2.02. The highest BCUT2D eigenvalue weighted by atomic mass is 32.2. The van der Waals surface area contributed by atoms with Crippen LogP contribution in [-0.4, -0.2) is 21.1 Å². The molecular weight excluding hydrogens is 376 g/mol. The van der Waals surface area contributed by atoms with Gasteiger partial charge in [0.15, 0.2) is 5.13 Å². The van der Waals surface area contributed by atoms with Crippen molar-refractivity contribution in [3.8, 4) is 0 Å². The standard InChI is InChI=1S/C16H12N4O4S2/c1-9-2-7-12-13(8-9)25-16(17-12)18-15(22)19-26-14(21)10-3-5-11(6-4-10)20(23)24/h2-8H,1H3,(H2,17,18,19,22). The molecule has 0 radical (unpaired) electrons. The van der Waals surface area contributed by atoms with Crippen LogP contribution in [0.2, 0.25) is 0 Å². The number of nitro benzene ring substituents is 1. The zero-order valence-electron chi connectivity index (χ0n) is 13.4. The Hall–Kier alpha value is -2.98. The molecule has 2 aromatic carbocycles. The normalized spacial score (nSPS) is 10.5. The molecule has 0 aliphatic carbocycles. The number of carbonyl (C=O) groups excluding carboxylic acids is 2. The van der Waals surface area contributed by atoms with Crippen LogP contribution in [0.1, 0.15) is 15.9 Å². The highest BCUT2D eigenvalue weighted by molar-refractivity contribution is 8.12. The number of fused-ring (bicyclic) bond motifs is 1. The van der Waals surface area contributed by atoms with Gasteiger partial charge < -0.3 is 0 Å². The van der Waals surface area contributed by atoms with Crippen LogP contribution in [0.25, 0.3) is 10.2 Å². The van der Waals surface area contributed by atoms with E-state index in [2.05, 4.69) is 15.0 Å². The first-order chi connectivity index (χ1) is 12.4. The molecule has 26 heavy (non-hydrogen) atoms. The van der Waals surface area contributed by atoms with Gasteiger partial charge in [-0.25, -0.2) is 9.78 Å². The van der Waals surface area contributed by atoms with Gasteiger partial charge in [0.2, 0.25) is 5.12 Å². The molecule has 10 heteroatoms. The quantitative estimate of drug-likeness (QED) is 0.396. The first-order valence-electron chi connectivity index (χ1n) is 7.32. The third-order valence-electron chi connectivity index (χ3n) is 3.31. The Morgan fingerprint density at radius 2 is 1.92 bits per heavy atom. The number of benzene rings is 2. The fourth-order valence-corrected chi connectivity index (χ4v) is 3.53. The number of aromatic nitrogens is 1. The Balaban J connectivity index is 1.57. The maximum atomic E-state index is 12.0. The average Bonchev–Trinajstić information content (AvgIpc) is 3.00. The molecule has 0 atom stereocenters. The number of nitrogens with one attached hydrogen (secondary N) is 2. The highest BCUT2D eigenvalue weighted by Gasteiger charge is 2.13. The molecule has 0 bridgehead atoms. The summed E-state index contributed by atoms with van der Waals surface area (Å²) < 4.78 is 3.33. The average molecular weight is 388 g/mol. The molecule has 1 heterocycles. The number of thiazole rings is 1. The van der Waals surface area contributed by atoms with Crippen molar-refractivity contribution < 1.29 is 14.5 Å². The van der Waals surface area contributed by atoms with Crippen molar-refractivity contribution in [2.24, 2.45) is 0 Å². The van der Waals surface area contributed by atoms with E-state index in [-0.39, 0.29) is 11.3 Å². The lowest BCUT2D eigenvalue weighted by atomic mass is 10.2. The molecular formula is C16H12N4O4S2. The summed E-state index contributed by atoms with van der Waals surface area (Å²) in [5, 5.41) is 13.2. The van der Waals surface area contributed by atoms with Crippen LogP contribution in [0.4, 0.5) is 15.6 Å². The number of anilines is 1. The zero-order chi connectivity index (χ0) is 18.7. The largest absolute Gasteiger partial charge is 0.331 e. The second kappa shape index (κ2) is 7.50. The molecule has 0 fully saturated rings. The van der Waals surface area contributed by atoms with Gasteiger partial charge in [0.25, 0.3) is 5.69 Å². The minimum atomic E-state index is -0.582. The van der Waals surface area contributed by atoms with Gasteiger partial charge in [-0.1, -0.05) is 17.4 Å². The van der Waals surface area contributed by atoms with Gasteiger partial charge >= 0.3 is 6.03 Å². The van der Waals surface area contributed by atoms with Crippen LogP contribution >= 0.6 is 23.3 Å². The number of urea groups is 1. The number of carbonyl (C=O) groups is 2. The summed E-state index contributed by atoms with van der Waals surface area (Å²) in [4.78, 5) is 38.3. The van der Waals surface area contributed by atoms with Crippen molar-refractivity contribution in [1.82, 2.24) is 9.71 Å². The van der Waals surface area contributed by atoms with Crippen LogP contribution in [0.5, 0.6) is 0 Å². The first-order valence-corrected chi connectivity index (χ1v) is 8.95. The van der Waals surface area contributed by atoms with Crippen LogP contribution in [0.15, 0.2) is 42.5 Å². The second-order valence-corrected chi connectivity index (χ2v) is 7.05. The predicted molar refractivity (Wildman–Crippen MR) is 102 cm³/mol. The minimum Gasteiger partial charge on any atom is -0.283 e. The molecule has 3 aromatic rings. The summed E-state index contributed by atoms with van der Waals surface area (Å²) >= 11 is 1.92. The first kappa shape index (κ1) is 17.8. The lowest BCUT2D eigenvalue weighted by molar-refractivity contribution is -0.384. The van der Waals surface area contributed by atoms with Crippen molar-refractivity contribution in [2.45, 2.75) is 6.92 Å². The number of rotatable bonds is 3. The Morgan fingerprint density at radius 1 is 1.19 bits per heavy atom. The van der Waals surface area contributed by atoms with Gasteiger partial charge in [-0.3, -0.25) is 24.9 Å². The summed E-state index contributed by atoms with van der Waals surface area (Å²) in [6.45, 7) is 1.97. The van der Waals surface area contributed by atoms with Crippen molar-refractivity contribution in [3.05, 3.63) is 63.7 Å². The van der Waals surface area contributed by atoms with Crippen LogP contribution < -0.4 is 10.0 Å². The third kappa shape index (κ3) is 4.16. The molecule has 132 valence electrons. The molecule has 3 rings (SSSR count). The molecule has 8 nitrogen and oxygen atoms in total. The van der Waals surface area contributed by atoms with Gasteiger partial charge in [0, 0.05) is 29.6 Å². The van der Waals surface area contributed by atoms with Gasteiger partial charge in [-0.05, 0) is 36.8 Å². The van der Waals surface area contributed by atoms with E-state index >= 15 is 0 Å². The van der Waals surface area contributed by atoms with Gasteiger partial charge in [-0.15, -0.1) is 0 Å². The minimum absolute atomic E-state index is 0.108. The number of nitro groups is 1. The summed E-state index contributed by atoms with van der Waals surface area (Å²) in [5.74, 6) is 0. The lowest BCUT2D eigenvalue weighted by Crippen LogP contribution is -2.24. The van der Waals surface area contributed by atoms with E-state index < -0.39 is 16.1 Å². The number of non-ortho nitro benzene ring substituents is 1. The molecule has 1 aromatic heterocycles. The van der Waals surface area contributed by atoms with Gasteiger partial charge in [0.05, 0.1) is 15.1 Å². The lowest BCUT2D eigenvalue weighted by Gasteiger charge is -2.03. The van der Waals surface area contributed by atoms with E-state index in [0.29, 0.717) is 17.1 Å². The molecule has 0 spiro atoms. The molecule has 0 aliphatic rings. The van der Waals surface area contributed by atoms with Crippen molar-refractivity contribution in [2.75, 3.05) is 5.32 Å². The van der Waals surface area contributed by atoms with E-state index in [1.54, 1.807) is 0 Å². The Bertz CT molecular complexity index is 1000. The monoisotopic (exact) mass is 388 g/mol. The van der Waals surface area contributed by atoms with Crippen LogP contribution in [0, 0.1) is 17.0 Å². The fraction of sp³-hybridized carbons (Fsp3) is 0.0625. The Morgan fingerprint density at radius 3 is 2.62 bits per heavy atom. The molecule has 2 N–H and O–H groups in total. The van der Waals surface area contributed by atoms with E-state index in [4.69, 9.17) is 0 Å². The van der Waals surface area contributed by atoms with Crippen molar-refractivity contribution in [3.63, 3.8) is 0 Å². The van der Waals surface area contributed by atoms with Crippen LogP contribution in [-0.2, 0) is 0 Å².